The molecule has 1 heterocycles. The molecule has 0 aromatic heterocycles. The number of amides is 2. The van der Waals surface area contributed by atoms with Crippen molar-refractivity contribution in [3.05, 3.63) is 29.8 Å². The highest BCUT2D eigenvalue weighted by Gasteiger charge is 2.27. The minimum atomic E-state index is -0.883. The molecule has 0 saturated carbocycles. The van der Waals surface area contributed by atoms with Gasteiger partial charge in [0.05, 0.1) is 18.1 Å². The SMILES string of the molecule is N#Cc1cccc(N2CC(CC(=O)O)CNC2=O)c1. The molecule has 2 N–H and O–H groups in total. The van der Waals surface area contributed by atoms with Gasteiger partial charge in [0, 0.05) is 24.7 Å². The second-order valence-electron chi connectivity index (χ2n) is 4.42. The molecule has 1 aromatic rings. The molecule has 1 unspecified atom stereocenters. The van der Waals surface area contributed by atoms with E-state index in [4.69, 9.17) is 10.4 Å². The number of aliphatic carboxylic acids is 1. The van der Waals surface area contributed by atoms with Crippen LogP contribution in [0, 0.1) is 17.2 Å². The van der Waals surface area contributed by atoms with Crippen LogP contribution in [0.2, 0.25) is 0 Å². The molecule has 0 spiro atoms. The van der Waals surface area contributed by atoms with E-state index >= 15 is 0 Å². The number of nitrogens with zero attached hydrogens (tertiary/aromatic N) is 2. The summed E-state index contributed by atoms with van der Waals surface area (Å²) in [6.07, 6.45) is 0.00865. The Kier molecular flexibility index (Phi) is 3.66. The molecule has 19 heavy (non-hydrogen) atoms. The summed E-state index contributed by atoms with van der Waals surface area (Å²) in [5.41, 5.74) is 1.07. The van der Waals surface area contributed by atoms with Gasteiger partial charge in [-0.05, 0) is 18.2 Å². The molecule has 1 aliphatic rings. The van der Waals surface area contributed by atoms with E-state index in [2.05, 4.69) is 5.32 Å². The van der Waals surface area contributed by atoms with Crippen LogP contribution in [-0.2, 0) is 4.79 Å². The molecule has 0 radical (unpaired) electrons. The van der Waals surface area contributed by atoms with Crippen molar-refractivity contribution >= 4 is 17.7 Å². The number of benzene rings is 1. The number of nitriles is 1. The lowest BCUT2D eigenvalue weighted by molar-refractivity contribution is -0.138. The van der Waals surface area contributed by atoms with E-state index in [-0.39, 0.29) is 18.4 Å². The fourth-order valence-corrected chi connectivity index (χ4v) is 2.08. The van der Waals surface area contributed by atoms with Crippen molar-refractivity contribution in [3.63, 3.8) is 0 Å². The van der Waals surface area contributed by atoms with Crippen LogP contribution in [0.3, 0.4) is 0 Å². The summed E-state index contributed by atoms with van der Waals surface area (Å²) in [7, 11) is 0. The van der Waals surface area contributed by atoms with E-state index in [0.29, 0.717) is 24.3 Å². The number of carboxylic acids is 1. The van der Waals surface area contributed by atoms with Gasteiger partial charge in [0.25, 0.3) is 0 Å². The Labute approximate surface area is 110 Å². The maximum absolute atomic E-state index is 11.8. The second kappa shape index (κ2) is 5.40. The average Bonchev–Trinajstić information content (AvgIpc) is 2.40. The largest absolute Gasteiger partial charge is 0.481 e. The standard InChI is InChI=1S/C13H13N3O3/c14-6-9-2-1-3-11(4-9)16-8-10(5-12(17)18)7-15-13(16)19/h1-4,10H,5,7-8H2,(H,15,19)(H,17,18). The van der Waals surface area contributed by atoms with Crippen molar-refractivity contribution in [1.82, 2.24) is 5.32 Å². The van der Waals surface area contributed by atoms with Crippen molar-refractivity contribution in [3.8, 4) is 6.07 Å². The molecule has 1 aromatic carbocycles. The second-order valence-corrected chi connectivity index (χ2v) is 4.42. The van der Waals surface area contributed by atoms with Crippen LogP contribution in [0.5, 0.6) is 0 Å². The van der Waals surface area contributed by atoms with Gasteiger partial charge < -0.3 is 10.4 Å². The molecule has 6 heteroatoms. The average molecular weight is 259 g/mol. The molecule has 0 bridgehead atoms. The summed E-state index contributed by atoms with van der Waals surface area (Å²) in [5, 5.41) is 20.3. The molecule has 1 fully saturated rings. The topological polar surface area (TPSA) is 93.4 Å². The Hall–Kier alpha value is -2.55. The van der Waals surface area contributed by atoms with Crippen molar-refractivity contribution in [2.24, 2.45) is 5.92 Å². The zero-order valence-electron chi connectivity index (χ0n) is 10.2. The van der Waals surface area contributed by atoms with Gasteiger partial charge >= 0.3 is 12.0 Å². The molecule has 0 aliphatic carbocycles. The summed E-state index contributed by atoms with van der Waals surface area (Å²) in [4.78, 5) is 24.0. The van der Waals surface area contributed by atoms with Crippen LogP contribution in [0.4, 0.5) is 10.5 Å². The number of urea groups is 1. The lowest BCUT2D eigenvalue weighted by atomic mass is 10.0. The molecular formula is C13H13N3O3. The van der Waals surface area contributed by atoms with E-state index in [1.54, 1.807) is 24.3 Å². The summed E-state index contributed by atoms with van der Waals surface area (Å²) in [5.74, 6) is -1.02. The van der Waals surface area contributed by atoms with Gasteiger partial charge in [0.15, 0.2) is 0 Å². The van der Waals surface area contributed by atoms with E-state index in [1.807, 2.05) is 6.07 Å². The normalized spacial score (nSPS) is 18.6. The quantitative estimate of drug-likeness (QED) is 0.852. The van der Waals surface area contributed by atoms with E-state index in [9.17, 15) is 9.59 Å². The fourth-order valence-electron chi connectivity index (χ4n) is 2.08. The molecule has 1 saturated heterocycles. The first-order chi connectivity index (χ1) is 9.10. The Morgan fingerprint density at radius 3 is 3.05 bits per heavy atom. The zero-order valence-corrected chi connectivity index (χ0v) is 10.2. The molecule has 2 amide bonds. The van der Waals surface area contributed by atoms with E-state index < -0.39 is 5.97 Å². The number of anilines is 1. The number of hydrogen-bond donors (Lipinski definition) is 2. The van der Waals surface area contributed by atoms with Crippen LogP contribution < -0.4 is 10.2 Å². The van der Waals surface area contributed by atoms with E-state index in [0.717, 1.165) is 0 Å². The van der Waals surface area contributed by atoms with Crippen LogP contribution in [0.15, 0.2) is 24.3 Å². The molecular weight excluding hydrogens is 246 g/mol. The molecule has 2 rings (SSSR count). The van der Waals surface area contributed by atoms with Gasteiger partial charge in [-0.25, -0.2) is 4.79 Å². The molecule has 98 valence electrons. The summed E-state index contributed by atoms with van der Waals surface area (Å²) in [6.45, 7) is 0.701. The number of carbonyl (C=O) groups excluding carboxylic acids is 1. The van der Waals surface area contributed by atoms with Crippen LogP contribution in [-0.4, -0.2) is 30.2 Å². The zero-order chi connectivity index (χ0) is 13.8. The first-order valence-corrected chi connectivity index (χ1v) is 5.87. The lowest BCUT2D eigenvalue weighted by Crippen LogP contribution is -2.51. The van der Waals surface area contributed by atoms with Gasteiger partial charge in [0.1, 0.15) is 0 Å². The maximum atomic E-state index is 11.8. The van der Waals surface area contributed by atoms with Crippen LogP contribution >= 0.6 is 0 Å². The van der Waals surface area contributed by atoms with Crippen molar-refractivity contribution < 1.29 is 14.7 Å². The Balaban J connectivity index is 2.19. The number of nitrogens with one attached hydrogen (secondary N) is 1. The minimum Gasteiger partial charge on any atom is -0.481 e. The number of rotatable bonds is 3. The van der Waals surface area contributed by atoms with Gasteiger partial charge in [-0.15, -0.1) is 0 Å². The minimum absolute atomic E-state index is 0.00865. The van der Waals surface area contributed by atoms with Crippen LogP contribution in [0.25, 0.3) is 0 Å². The van der Waals surface area contributed by atoms with Crippen molar-refractivity contribution in [2.45, 2.75) is 6.42 Å². The number of hydrogen-bond acceptors (Lipinski definition) is 3. The number of carboxylic acid groups (broad SMARTS) is 1. The number of carbonyl (C=O) groups is 2. The predicted molar refractivity (Wildman–Crippen MR) is 67.6 cm³/mol. The summed E-state index contributed by atoms with van der Waals surface area (Å²) >= 11 is 0. The monoisotopic (exact) mass is 259 g/mol. The Morgan fingerprint density at radius 2 is 2.37 bits per heavy atom. The first-order valence-electron chi connectivity index (χ1n) is 5.87. The van der Waals surface area contributed by atoms with Crippen molar-refractivity contribution in [1.29, 1.82) is 5.26 Å². The highest BCUT2D eigenvalue weighted by molar-refractivity contribution is 5.93. The van der Waals surface area contributed by atoms with Crippen molar-refractivity contribution in [2.75, 3.05) is 18.0 Å². The third kappa shape index (κ3) is 3.01. The molecule has 1 aliphatic heterocycles. The highest BCUT2D eigenvalue weighted by atomic mass is 16.4. The summed E-state index contributed by atoms with van der Waals surface area (Å²) in [6, 6.07) is 8.43. The third-order valence-electron chi connectivity index (χ3n) is 2.98. The van der Waals surface area contributed by atoms with Gasteiger partial charge in [-0.2, -0.15) is 5.26 Å². The predicted octanol–water partition coefficient (Wildman–Crippen LogP) is 1.18. The van der Waals surface area contributed by atoms with Gasteiger partial charge in [-0.3, -0.25) is 9.69 Å². The molecule has 1 atom stereocenters. The van der Waals surface area contributed by atoms with Gasteiger partial charge in [0.2, 0.25) is 0 Å². The summed E-state index contributed by atoms with van der Waals surface area (Å²) < 4.78 is 0. The smallest absolute Gasteiger partial charge is 0.321 e. The van der Waals surface area contributed by atoms with E-state index in [1.165, 1.54) is 4.90 Å². The third-order valence-corrected chi connectivity index (χ3v) is 2.98. The molecule has 6 nitrogen and oxygen atoms in total. The Morgan fingerprint density at radius 1 is 1.58 bits per heavy atom. The maximum Gasteiger partial charge on any atom is 0.321 e. The first kappa shape index (κ1) is 12.9. The van der Waals surface area contributed by atoms with Crippen LogP contribution in [0.1, 0.15) is 12.0 Å². The fraction of sp³-hybridized carbons (Fsp3) is 0.308. The highest BCUT2D eigenvalue weighted by Crippen LogP contribution is 2.21. The lowest BCUT2D eigenvalue weighted by Gasteiger charge is -2.32. The Bertz CT molecular complexity index is 550. The van der Waals surface area contributed by atoms with Gasteiger partial charge in [-0.1, -0.05) is 6.07 Å².